The summed E-state index contributed by atoms with van der Waals surface area (Å²) in [5, 5.41) is 4.03. The van der Waals surface area contributed by atoms with E-state index in [-0.39, 0.29) is 12.4 Å². The third kappa shape index (κ3) is 1.86. The van der Waals surface area contributed by atoms with Gasteiger partial charge in [0.05, 0.1) is 5.69 Å². The zero-order valence-corrected chi connectivity index (χ0v) is 6.68. The summed E-state index contributed by atoms with van der Waals surface area (Å²) < 4.78 is 0. The number of nitrogen functional groups attached to an aromatic ring is 1. The number of nitrogens with two attached hydrogens (primary N) is 1. The largest absolute Gasteiger partial charge is 0.323 e. The number of aryl methyl sites for hydroxylation is 1. The molecule has 3 N–H and O–H groups in total. The van der Waals surface area contributed by atoms with Gasteiger partial charge < -0.3 is 5.43 Å². The fourth-order valence-corrected chi connectivity index (χ4v) is 1.30. The molecule has 1 aromatic rings. The van der Waals surface area contributed by atoms with Gasteiger partial charge in [0.2, 0.25) is 0 Å². The predicted octanol–water partition coefficient (Wildman–Crippen LogP) is 1.76. The summed E-state index contributed by atoms with van der Waals surface area (Å²) in [5.74, 6) is 5.15. The molecule has 52 valence electrons. The molecule has 0 saturated carbocycles. The number of thiophene rings is 1. The second-order valence-electron chi connectivity index (χ2n) is 1.61. The van der Waals surface area contributed by atoms with Crippen molar-refractivity contribution in [2.24, 2.45) is 5.84 Å². The van der Waals surface area contributed by atoms with Crippen LogP contribution < -0.4 is 11.3 Å². The molecule has 0 aromatic carbocycles. The molecule has 9 heavy (non-hydrogen) atoms. The Kier molecular flexibility index (Phi) is 3.61. The fraction of sp³-hybridized carbons (Fsp3) is 0.200. The van der Waals surface area contributed by atoms with E-state index in [2.05, 4.69) is 10.8 Å². The summed E-state index contributed by atoms with van der Waals surface area (Å²) in [6.07, 6.45) is 0. The van der Waals surface area contributed by atoms with Gasteiger partial charge in [-0.2, -0.15) is 0 Å². The first kappa shape index (κ1) is 8.75. The van der Waals surface area contributed by atoms with Gasteiger partial charge in [-0.3, -0.25) is 5.84 Å². The Labute approximate surface area is 64.4 Å². The molecule has 0 unspecified atom stereocenters. The monoisotopic (exact) mass is 164 g/mol. The van der Waals surface area contributed by atoms with Crippen LogP contribution in [0.15, 0.2) is 10.8 Å². The Morgan fingerprint density at radius 2 is 2.22 bits per heavy atom. The minimum atomic E-state index is 0. The Morgan fingerprint density at radius 3 is 2.44 bits per heavy atom. The lowest BCUT2D eigenvalue weighted by Crippen LogP contribution is -2.06. The predicted molar refractivity (Wildman–Crippen MR) is 44.1 cm³/mol. The number of anilines is 1. The van der Waals surface area contributed by atoms with Gasteiger partial charge in [-0.05, 0) is 17.9 Å². The van der Waals surface area contributed by atoms with Gasteiger partial charge in [0.25, 0.3) is 0 Å². The highest BCUT2D eigenvalue weighted by molar-refractivity contribution is 7.08. The number of halogens is 1. The fourth-order valence-electron chi connectivity index (χ4n) is 0.508. The summed E-state index contributed by atoms with van der Waals surface area (Å²) in [5.41, 5.74) is 4.81. The van der Waals surface area contributed by atoms with Crippen molar-refractivity contribution < 1.29 is 0 Å². The van der Waals surface area contributed by atoms with Crippen LogP contribution >= 0.6 is 23.7 Å². The molecule has 0 saturated heterocycles. The normalized spacial score (nSPS) is 8.22. The van der Waals surface area contributed by atoms with Crippen LogP contribution in [0.1, 0.15) is 5.56 Å². The minimum absolute atomic E-state index is 0. The van der Waals surface area contributed by atoms with E-state index in [9.17, 15) is 0 Å². The lowest BCUT2D eigenvalue weighted by molar-refractivity contribution is 1.34. The Balaban J connectivity index is 0.000000640. The molecule has 1 heterocycles. The molecule has 4 heteroatoms. The Morgan fingerprint density at radius 1 is 1.56 bits per heavy atom. The van der Waals surface area contributed by atoms with Gasteiger partial charge in [0, 0.05) is 5.38 Å². The lowest BCUT2D eigenvalue weighted by Gasteiger charge is -1.92. The molecule has 0 spiro atoms. The first-order valence-electron chi connectivity index (χ1n) is 2.34. The average Bonchev–Trinajstić information content (AvgIpc) is 2.14. The second kappa shape index (κ2) is 3.71. The topological polar surface area (TPSA) is 38.0 Å². The molecular weight excluding hydrogens is 156 g/mol. The molecule has 0 aliphatic carbocycles. The average molecular weight is 165 g/mol. The highest BCUT2D eigenvalue weighted by Gasteiger charge is 1.91. The molecular formula is C5H9ClN2S. The van der Waals surface area contributed by atoms with E-state index in [4.69, 9.17) is 5.84 Å². The number of nitrogens with one attached hydrogen (secondary N) is 1. The summed E-state index contributed by atoms with van der Waals surface area (Å²) in [4.78, 5) is 0. The maximum Gasteiger partial charge on any atom is 0.0621 e. The van der Waals surface area contributed by atoms with E-state index >= 15 is 0 Å². The molecule has 0 amide bonds. The summed E-state index contributed by atoms with van der Waals surface area (Å²) in [7, 11) is 0. The van der Waals surface area contributed by atoms with Crippen molar-refractivity contribution in [3.63, 3.8) is 0 Å². The van der Waals surface area contributed by atoms with Crippen LogP contribution in [0.5, 0.6) is 0 Å². The third-order valence-electron chi connectivity index (χ3n) is 1.01. The summed E-state index contributed by atoms with van der Waals surface area (Å²) in [6, 6.07) is 0. The van der Waals surface area contributed by atoms with Crippen LogP contribution in [-0.2, 0) is 0 Å². The van der Waals surface area contributed by atoms with Gasteiger partial charge in [-0.1, -0.05) is 0 Å². The zero-order valence-electron chi connectivity index (χ0n) is 5.05. The second-order valence-corrected chi connectivity index (χ2v) is 2.36. The summed E-state index contributed by atoms with van der Waals surface area (Å²) in [6.45, 7) is 2.02. The summed E-state index contributed by atoms with van der Waals surface area (Å²) >= 11 is 1.65. The molecule has 2 nitrogen and oxygen atoms in total. The smallest absolute Gasteiger partial charge is 0.0621 e. The molecule has 0 atom stereocenters. The molecule has 0 aliphatic heterocycles. The van der Waals surface area contributed by atoms with Crippen LogP contribution in [0.3, 0.4) is 0 Å². The van der Waals surface area contributed by atoms with E-state index in [1.807, 2.05) is 12.3 Å². The van der Waals surface area contributed by atoms with Crippen molar-refractivity contribution in [1.82, 2.24) is 0 Å². The molecule has 1 aromatic heterocycles. The van der Waals surface area contributed by atoms with Crippen LogP contribution in [0, 0.1) is 6.92 Å². The van der Waals surface area contributed by atoms with Crippen molar-refractivity contribution in [2.45, 2.75) is 6.92 Å². The molecule has 1 rings (SSSR count). The van der Waals surface area contributed by atoms with Gasteiger partial charge in [-0.15, -0.1) is 23.7 Å². The number of rotatable bonds is 1. The van der Waals surface area contributed by atoms with Crippen molar-refractivity contribution >= 4 is 29.4 Å². The highest BCUT2D eigenvalue weighted by Crippen LogP contribution is 2.17. The van der Waals surface area contributed by atoms with E-state index in [1.54, 1.807) is 11.3 Å². The van der Waals surface area contributed by atoms with Gasteiger partial charge >= 0.3 is 0 Å². The molecule has 0 radical (unpaired) electrons. The van der Waals surface area contributed by atoms with E-state index in [0.29, 0.717) is 0 Å². The first-order valence-corrected chi connectivity index (χ1v) is 3.28. The van der Waals surface area contributed by atoms with Crippen LogP contribution in [0.4, 0.5) is 5.69 Å². The zero-order chi connectivity index (χ0) is 5.98. The van der Waals surface area contributed by atoms with Crippen molar-refractivity contribution in [2.75, 3.05) is 5.43 Å². The van der Waals surface area contributed by atoms with Gasteiger partial charge in [-0.25, -0.2) is 0 Å². The van der Waals surface area contributed by atoms with Crippen molar-refractivity contribution in [3.8, 4) is 0 Å². The van der Waals surface area contributed by atoms with Gasteiger partial charge in [0.1, 0.15) is 0 Å². The maximum absolute atomic E-state index is 5.15. The standard InChI is InChI=1S/C5H8N2S.ClH/c1-4-2-8-3-5(4)7-6;/h2-3,7H,6H2,1H3;1H. The van der Waals surface area contributed by atoms with E-state index < -0.39 is 0 Å². The maximum atomic E-state index is 5.15. The molecule has 0 aliphatic rings. The van der Waals surface area contributed by atoms with Gasteiger partial charge in [0.15, 0.2) is 0 Å². The highest BCUT2D eigenvalue weighted by atomic mass is 35.5. The number of hydrogen-bond donors (Lipinski definition) is 2. The molecule has 0 fully saturated rings. The lowest BCUT2D eigenvalue weighted by atomic mass is 10.3. The SMILES string of the molecule is Cc1cscc1NN.Cl. The van der Waals surface area contributed by atoms with Crippen LogP contribution in [0.2, 0.25) is 0 Å². The number of hydrogen-bond acceptors (Lipinski definition) is 3. The molecule has 0 bridgehead atoms. The van der Waals surface area contributed by atoms with E-state index in [0.717, 1.165) is 5.69 Å². The first-order chi connectivity index (χ1) is 3.84. The minimum Gasteiger partial charge on any atom is -0.323 e. The van der Waals surface area contributed by atoms with E-state index in [1.165, 1.54) is 5.56 Å². The van der Waals surface area contributed by atoms with Crippen LogP contribution in [-0.4, -0.2) is 0 Å². The van der Waals surface area contributed by atoms with Crippen LogP contribution in [0.25, 0.3) is 0 Å². The Bertz CT molecular complexity index is 175. The quantitative estimate of drug-likeness (QED) is 0.491. The van der Waals surface area contributed by atoms with Crippen molar-refractivity contribution in [3.05, 3.63) is 16.3 Å². The number of hydrazine groups is 1. The third-order valence-corrected chi connectivity index (χ3v) is 1.87. The van der Waals surface area contributed by atoms with Crippen molar-refractivity contribution in [1.29, 1.82) is 0 Å². The Hall–Kier alpha value is -0.250.